The third-order valence-electron chi connectivity index (χ3n) is 4.37. The van der Waals surface area contributed by atoms with Crippen LogP contribution in [0.5, 0.6) is 0 Å². The molecule has 138 valence electrons. The molecule has 2 rings (SSSR count). The average Bonchev–Trinajstić information content (AvgIpc) is 2.94. The first-order chi connectivity index (χ1) is 11.8. The molecule has 1 aliphatic heterocycles. The van der Waals surface area contributed by atoms with Crippen molar-refractivity contribution in [2.24, 2.45) is 0 Å². The van der Waals surface area contributed by atoms with E-state index in [4.69, 9.17) is 0 Å². The highest BCUT2D eigenvalue weighted by Crippen LogP contribution is 2.34. The van der Waals surface area contributed by atoms with Crippen LogP contribution in [0, 0.1) is 0 Å². The maximum atomic E-state index is 12.7. The van der Waals surface area contributed by atoms with E-state index in [1.165, 1.54) is 22.2 Å². The van der Waals surface area contributed by atoms with Crippen LogP contribution in [0.3, 0.4) is 0 Å². The second kappa shape index (κ2) is 7.53. The second-order valence-corrected chi connectivity index (χ2v) is 7.82. The van der Waals surface area contributed by atoms with Gasteiger partial charge in [0.05, 0.1) is 4.90 Å². The van der Waals surface area contributed by atoms with Gasteiger partial charge in [-0.25, -0.2) is 8.42 Å². The zero-order valence-corrected chi connectivity index (χ0v) is 15.9. The van der Waals surface area contributed by atoms with Gasteiger partial charge in [0.15, 0.2) is 0 Å². The van der Waals surface area contributed by atoms with Crippen LogP contribution >= 0.6 is 0 Å². The minimum atomic E-state index is -3.58. The zero-order valence-electron chi connectivity index (χ0n) is 15.1. The van der Waals surface area contributed by atoms with E-state index in [0.29, 0.717) is 37.3 Å². The van der Waals surface area contributed by atoms with E-state index in [1.807, 2.05) is 6.92 Å². The van der Waals surface area contributed by atoms with Gasteiger partial charge < -0.3 is 5.32 Å². The van der Waals surface area contributed by atoms with Crippen LogP contribution in [-0.2, 0) is 26.0 Å². The monoisotopic (exact) mass is 367 g/mol. The molecule has 0 spiro atoms. The SMILES string of the molecule is CCNC(=O)[C@H]1Cc2cc(S(=O)(=O)N(CC)CC)ccc2N1C(C)=O. The summed E-state index contributed by atoms with van der Waals surface area (Å²) in [5.41, 5.74) is 1.29. The first kappa shape index (κ1) is 19.4. The lowest BCUT2D eigenvalue weighted by atomic mass is 10.1. The molecule has 0 saturated heterocycles. The summed E-state index contributed by atoms with van der Waals surface area (Å²) in [5.74, 6) is -0.476. The maximum absolute atomic E-state index is 12.7. The van der Waals surface area contributed by atoms with Crippen molar-refractivity contribution in [1.82, 2.24) is 9.62 Å². The molecule has 1 aromatic rings. The molecule has 25 heavy (non-hydrogen) atoms. The molecule has 0 unspecified atom stereocenters. The number of fused-ring (bicyclic) bond motifs is 1. The minimum absolute atomic E-state index is 0.190. The number of nitrogens with zero attached hydrogens (tertiary/aromatic N) is 2. The van der Waals surface area contributed by atoms with E-state index in [0.717, 1.165) is 0 Å². The predicted molar refractivity (Wildman–Crippen MR) is 95.9 cm³/mol. The highest BCUT2D eigenvalue weighted by atomic mass is 32.2. The fourth-order valence-electron chi connectivity index (χ4n) is 3.19. The van der Waals surface area contributed by atoms with Crippen LogP contribution in [0.2, 0.25) is 0 Å². The van der Waals surface area contributed by atoms with Gasteiger partial charge in [-0.3, -0.25) is 14.5 Å². The summed E-state index contributed by atoms with van der Waals surface area (Å²) in [7, 11) is -3.58. The summed E-state index contributed by atoms with van der Waals surface area (Å²) < 4.78 is 26.8. The molecule has 0 saturated carbocycles. The molecular formula is C17H25N3O4S. The van der Waals surface area contributed by atoms with E-state index < -0.39 is 16.1 Å². The van der Waals surface area contributed by atoms with Crippen LogP contribution in [0.4, 0.5) is 5.69 Å². The highest BCUT2D eigenvalue weighted by molar-refractivity contribution is 7.89. The number of carbonyl (C=O) groups excluding carboxylic acids is 2. The molecule has 1 aromatic carbocycles. The second-order valence-electron chi connectivity index (χ2n) is 5.88. The number of amides is 2. The summed E-state index contributed by atoms with van der Waals surface area (Å²) in [6.45, 7) is 8.04. The Labute approximate surface area is 149 Å². The lowest BCUT2D eigenvalue weighted by Crippen LogP contribution is -2.47. The molecule has 1 heterocycles. The number of rotatable bonds is 6. The molecule has 0 fully saturated rings. The van der Waals surface area contributed by atoms with Crippen LogP contribution in [0.25, 0.3) is 0 Å². The first-order valence-electron chi connectivity index (χ1n) is 8.48. The largest absolute Gasteiger partial charge is 0.355 e. The Kier molecular flexibility index (Phi) is 5.84. The Morgan fingerprint density at radius 3 is 2.40 bits per heavy atom. The lowest BCUT2D eigenvalue weighted by molar-refractivity contribution is -0.125. The summed E-state index contributed by atoms with van der Waals surface area (Å²) in [5, 5.41) is 2.73. The number of nitrogens with one attached hydrogen (secondary N) is 1. The molecule has 0 bridgehead atoms. The van der Waals surface area contributed by atoms with E-state index in [2.05, 4.69) is 5.32 Å². The fraction of sp³-hybridized carbons (Fsp3) is 0.529. The molecule has 1 N–H and O–H groups in total. The maximum Gasteiger partial charge on any atom is 0.243 e. The molecule has 8 heteroatoms. The summed E-state index contributed by atoms with van der Waals surface area (Å²) in [6.07, 6.45) is 0.308. The van der Waals surface area contributed by atoms with Gasteiger partial charge in [-0.05, 0) is 30.7 Å². The van der Waals surface area contributed by atoms with Gasteiger partial charge in [-0.15, -0.1) is 0 Å². The van der Waals surface area contributed by atoms with Gasteiger partial charge >= 0.3 is 0 Å². The van der Waals surface area contributed by atoms with Gasteiger partial charge in [0, 0.05) is 38.7 Å². The molecule has 7 nitrogen and oxygen atoms in total. The van der Waals surface area contributed by atoms with Crippen molar-refractivity contribution < 1.29 is 18.0 Å². The zero-order chi connectivity index (χ0) is 18.8. The standard InChI is InChI=1S/C17H25N3O4S/c1-5-18-17(22)16-11-13-10-14(25(23,24)19(6-2)7-3)8-9-15(13)20(16)12(4)21/h8-10,16H,5-7,11H2,1-4H3,(H,18,22)/t16-/m1/s1. The van der Waals surface area contributed by atoms with Gasteiger partial charge in [0.25, 0.3) is 0 Å². The van der Waals surface area contributed by atoms with Crippen molar-refractivity contribution in [3.05, 3.63) is 23.8 Å². The Bertz CT molecular complexity index is 772. The molecule has 1 atom stereocenters. The number of benzene rings is 1. The molecule has 0 radical (unpaired) electrons. The summed E-state index contributed by atoms with van der Waals surface area (Å²) in [4.78, 5) is 25.9. The number of carbonyl (C=O) groups is 2. The highest BCUT2D eigenvalue weighted by Gasteiger charge is 2.37. The van der Waals surface area contributed by atoms with Crippen LogP contribution < -0.4 is 10.2 Å². The first-order valence-corrected chi connectivity index (χ1v) is 9.92. The third kappa shape index (κ3) is 3.55. The Morgan fingerprint density at radius 1 is 1.24 bits per heavy atom. The topological polar surface area (TPSA) is 86.8 Å². The Hall–Kier alpha value is -1.93. The van der Waals surface area contributed by atoms with E-state index in [9.17, 15) is 18.0 Å². The van der Waals surface area contributed by atoms with Crippen molar-refractivity contribution >= 4 is 27.5 Å². The van der Waals surface area contributed by atoms with Gasteiger partial charge in [-0.2, -0.15) is 4.31 Å². The Morgan fingerprint density at radius 2 is 1.88 bits per heavy atom. The molecule has 0 aliphatic carbocycles. The summed E-state index contributed by atoms with van der Waals surface area (Å²) >= 11 is 0. The van der Waals surface area contributed by atoms with Crippen molar-refractivity contribution in [3.8, 4) is 0 Å². The van der Waals surface area contributed by atoms with Crippen molar-refractivity contribution in [2.45, 2.75) is 45.1 Å². The lowest BCUT2D eigenvalue weighted by Gasteiger charge is -2.23. The van der Waals surface area contributed by atoms with Crippen molar-refractivity contribution in [3.63, 3.8) is 0 Å². The molecule has 2 amide bonds. The predicted octanol–water partition coefficient (Wildman–Crippen LogP) is 1.13. The van der Waals surface area contributed by atoms with Crippen molar-refractivity contribution in [1.29, 1.82) is 0 Å². The van der Waals surface area contributed by atoms with Crippen LogP contribution in [0.15, 0.2) is 23.1 Å². The smallest absolute Gasteiger partial charge is 0.243 e. The van der Waals surface area contributed by atoms with Gasteiger partial charge in [0.2, 0.25) is 21.8 Å². The number of hydrogen-bond donors (Lipinski definition) is 1. The quantitative estimate of drug-likeness (QED) is 0.817. The number of anilines is 1. The number of hydrogen-bond acceptors (Lipinski definition) is 4. The normalized spacial score (nSPS) is 16.8. The van der Waals surface area contributed by atoms with Gasteiger partial charge in [-0.1, -0.05) is 13.8 Å². The van der Waals surface area contributed by atoms with E-state index in [1.54, 1.807) is 26.0 Å². The number of likely N-dealkylation sites (N-methyl/N-ethyl adjacent to an activating group) is 1. The Balaban J connectivity index is 2.44. The number of sulfonamides is 1. The molecule has 1 aliphatic rings. The van der Waals surface area contributed by atoms with E-state index in [-0.39, 0.29) is 16.7 Å². The van der Waals surface area contributed by atoms with Crippen LogP contribution in [0.1, 0.15) is 33.3 Å². The van der Waals surface area contributed by atoms with E-state index >= 15 is 0 Å². The van der Waals surface area contributed by atoms with Crippen molar-refractivity contribution in [2.75, 3.05) is 24.5 Å². The van der Waals surface area contributed by atoms with Gasteiger partial charge in [0.1, 0.15) is 6.04 Å². The minimum Gasteiger partial charge on any atom is -0.355 e. The third-order valence-corrected chi connectivity index (χ3v) is 6.42. The average molecular weight is 367 g/mol. The summed E-state index contributed by atoms with van der Waals surface area (Å²) in [6, 6.07) is 4.06. The fourth-order valence-corrected chi connectivity index (χ4v) is 4.70. The molecule has 0 aromatic heterocycles. The molecular weight excluding hydrogens is 342 g/mol. The van der Waals surface area contributed by atoms with Crippen LogP contribution in [-0.4, -0.2) is 50.2 Å².